The molecule has 0 aliphatic heterocycles. The number of hydrogen-bond acceptors (Lipinski definition) is 4. The lowest BCUT2D eigenvalue weighted by Gasteiger charge is -1.99. The highest BCUT2D eigenvalue weighted by molar-refractivity contribution is 7.91. The van der Waals surface area contributed by atoms with Crippen LogP contribution in [0.15, 0.2) is 10.3 Å². The van der Waals surface area contributed by atoms with Gasteiger partial charge in [0.2, 0.25) is 10.0 Å². The fourth-order valence-corrected chi connectivity index (χ4v) is 3.27. The van der Waals surface area contributed by atoms with E-state index in [-0.39, 0.29) is 4.21 Å². The van der Waals surface area contributed by atoms with E-state index in [1.165, 1.54) is 0 Å². The molecule has 1 aromatic rings. The second-order valence-electron chi connectivity index (χ2n) is 2.61. The monoisotopic (exact) mass is 220 g/mol. The Kier molecular flexibility index (Phi) is 2.94. The number of thiophene rings is 1. The molecule has 0 spiro atoms. The highest BCUT2D eigenvalue weighted by atomic mass is 32.2. The molecule has 0 fully saturated rings. The highest BCUT2D eigenvalue weighted by Gasteiger charge is 2.16. The van der Waals surface area contributed by atoms with Crippen molar-refractivity contribution < 1.29 is 8.42 Å². The zero-order valence-corrected chi connectivity index (χ0v) is 9.13. The van der Waals surface area contributed by atoms with Crippen molar-refractivity contribution in [2.24, 2.45) is 0 Å². The van der Waals surface area contributed by atoms with Crippen molar-refractivity contribution in [2.75, 3.05) is 12.3 Å². The maximum Gasteiger partial charge on any atom is 0.250 e. The summed E-state index contributed by atoms with van der Waals surface area (Å²) in [6.45, 7) is 3.91. The normalized spacial score (nSPS) is 11.8. The smallest absolute Gasteiger partial charge is 0.250 e. The summed E-state index contributed by atoms with van der Waals surface area (Å²) in [6.07, 6.45) is 0. The molecule has 0 saturated heterocycles. The molecule has 0 saturated carbocycles. The van der Waals surface area contributed by atoms with Gasteiger partial charge in [-0.1, -0.05) is 6.92 Å². The van der Waals surface area contributed by atoms with Crippen LogP contribution in [0.2, 0.25) is 0 Å². The molecule has 13 heavy (non-hydrogen) atoms. The summed E-state index contributed by atoms with van der Waals surface area (Å²) in [7, 11) is -3.32. The first kappa shape index (κ1) is 10.5. The largest absolute Gasteiger partial charge is 0.390 e. The maximum atomic E-state index is 11.4. The summed E-state index contributed by atoms with van der Waals surface area (Å²) < 4.78 is 25.6. The molecule has 1 aromatic heterocycles. The van der Waals surface area contributed by atoms with E-state index in [1.54, 1.807) is 19.9 Å². The first-order valence-corrected chi connectivity index (χ1v) is 6.13. The van der Waals surface area contributed by atoms with Crippen molar-refractivity contribution in [2.45, 2.75) is 18.1 Å². The molecule has 1 rings (SSSR count). The first-order valence-electron chi connectivity index (χ1n) is 3.83. The van der Waals surface area contributed by atoms with Crippen LogP contribution in [-0.4, -0.2) is 15.0 Å². The van der Waals surface area contributed by atoms with E-state index in [0.717, 1.165) is 16.9 Å². The Morgan fingerprint density at radius 1 is 1.62 bits per heavy atom. The van der Waals surface area contributed by atoms with Crippen LogP contribution in [0, 0.1) is 6.92 Å². The number of nitrogen functional groups attached to an aromatic ring is 1. The topological polar surface area (TPSA) is 72.2 Å². The van der Waals surface area contributed by atoms with Crippen LogP contribution >= 0.6 is 11.3 Å². The Bertz CT molecular complexity index is 375. The van der Waals surface area contributed by atoms with E-state index in [9.17, 15) is 8.42 Å². The van der Waals surface area contributed by atoms with E-state index < -0.39 is 10.0 Å². The molecule has 0 atom stereocenters. The SMILES string of the molecule is CCNS(=O)(=O)c1cc(C)c(N)s1. The lowest BCUT2D eigenvalue weighted by atomic mass is 10.4. The number of rotatable bonds is 3. The number of sulfonamides is 1. The average molecular weight is 220 g/mol. The van der Waals surface area contributed by atoms with Gasteiger partial charge < -0.3 is 5.73 Å². The van der Waals surface area contributed by atoms with Gasteiger partial charge in [0.15, 0.2) is 0 Å². The van der Waals surface area contributed by atoms with Gasteiger partial charge in [-0.25, -0.2) is 13.1 Å². The number of nitrogens with two attached hydrogens (primary N) is 1. The molecular weight excluding hydrogens is 208 g/mol. The minimum Gasteiger partial charge on any atom is -0.390 e. The summed E-state index contributed by atoms with van der Waals surface area (Å²) in [6, 6.07) is 1.58. The minimum atomic E-state index is -3.32. The molecule has 0 amide bonds. The van der Waals surface area contributed by atoms with Crippen LogP contribution in [-0.2, 0) is 10.0 Å². The zero-order chi connectivity index (χ0) is 10.1. The van der Waals surface area contributed by atoms with Gasteiger partial charge in [0.1, 0.15) is 4.21 Å². The fourth-order valence-electron chi connectivity index (χ4n) is 0.860. The van der Waals surface area contributed by atoms with E-state index in [4.69, 9.17) is 5.73 Å². The van der Waals surface area contributed by atoms with Crippen LogP contribution in [0.25, 0.3) is 0 Å². The molecule has 3 N–H and O–H groups in total. The first-order chi connectivity index (χ1) is 5.97. The van der Waals surface area contributed by atoms with Crippen LogP contribution in [0.4, 0.5) is 5.00 Å². The van der Waals surface area contributed by atoms with Gasteiger partial charge in [0, 0.05) is 6.54 Å². The second kappa shape index (κ2) is 3.65. The van der Waals surface area contributed by atoms with Crippen LogP contribution in [0.1, 0.15) is 12.5 Å². The van der Waals surface area contributed by atoms with E-state index in [2.05, 4.69) is 4.72 Å². The highest BCUT2D eigenvalue weighted by Crippen LogP contribution is 2.27. The number of anilines is 1. The van der Waals surface area contributed by atoms with Crippen molar-refractivity contribution in [1.29, 1.82) is 0 Å². The second-order valence-corrected chi connectivity index (χ2v) is 5.69. The van der Waals surface area contributed by atoms with Crippen LogP contribution in [0.3, 0.4) is 0 Å². The predicted molar refractivity (Wildman–Crippen MR) is 54.3 cm³/mol. The number of hydrogen-bond donors (Lipinski definition) is 2. The third-order valence-electron chi connectivity index (χ3n) is 1.53. The Morgan fingerprint density at radius 2 is 2.23 bits per heavy atom. The van der Waals surface area contributed by atoms with Crippen molar-refractivity contribution in [3.8, 4) is 0 Å². The quantitative estimate of drug-likeness (QED) is 0.796. The Balaban J connectivity index is 3.08. The third kappa shape index (κ3) is 2.20. The van der Waals surface area contributed by atoms with Crippen LogP contribution in [0.5, 0.6) is 0 Å². The Labute approximate surface area is 81.8 Å². The van der Waals surface area contributed by atoms with E-state index in [0.29, 0.717) is 11.5 Å². The van der Waals surface area contributed by atoms with E-state index in [1.807, 2.05) is 0 Å². The molecule has 0 unspecified atom stereocenters. The van der Waals surface area contributed by atoms with Crippen molar-refractivity contribution in [1.82, 2.24) is 4.72 Å². The molecule has 0 aliphatic rings. The average Bonchev–Trinajstić information content (AvgIpc) is 2.33. The molecule has 0 aliphatic carbocycles. The van der Waals surface area contributed by atoms with Gasteiger partial charge in [-0.05, 0) is 18.6 Å². The summed E-state index contributed by atoms with van der Waals surface area (Å²) in [5.41, 5.74) is 6.37. The number of aryl methyl sites for hydroxylation is 1. The van der Waals surface area contributed by atoms with Gasteiger partial charge >= 0.3 is 0 Å². The van der Waals surface area contributed by atoms with Crippen molar-refractivity contribution in [3.63, 3.8) is 0 Å². The van der Waals surface area contributed by atoms with Gasteiger partial charge in [-0.15, -0.1) is 11.3 Å². The fraction of sp³-hybridized carbons (Fsp3) is 0.429. The Morgan fingerprint density at radius 3 is 2.62 bits per heavy atom. The van der Waals surface area contributed by atoms with Crippen molar-refractivity contribution in [3.05, 3.63) is 11.6 Å². The van der Waals surface area contributed by atoms with Gasteiger partial charge in [-0.3, -0.25) is 0 Å². The standard InChI is InChI=1S/C7H12N2O2S2/c1-3-9-13(10,11)6-4-5(2)7(8)12-6/h4,9H,3,8H2,1-2H3. The maximum absolute atomic E-state index is 11.4. The molecule has 0 radical (unpaired) electrons. The van der Waals surface area contributed by atoms with Gasteiger partial charge in [0.25, 0.3) is 0 Å². The molecule has 0 bridgehead atoms. The van der Waals surface area contributed by atoms with Gasteiger partial charge in [0.05, 0.1) is 5.00 Å². The van der Waals surface area contributed by atoms with E-state index >= 15 is 0 Å². The van der Waals surface area contributed by atoms with Crippen LogP contribution < -0.4 is 10.5 Å². The molecular formula is C7H12N2O2S2. The minimum absolute atomic E-state index is 0.282. The molecule has 1 heterocycles. The predicted octanol–water partition coefficient (Wildman–Crippen LogP) is 0.937. The molecule has 74 valence electrons. The third-order valence-corrected chi connectivity index (χ3v) is 4.62. The van der Waals surface area contributed by atoms with Crippen molar-refractivity contribution >= 4 is 26.4 Å². The summed E-state index contributed by atoms with van der Waals surface area (Å²) in [5, 5.41) is 0.552. The number of nitrogens with one attached hydrogen (secondary N) is 1. The lowest BCUT2D eigenvalue weighted by molar-refractivity contribution is 0.586. The Hall–Kier alpha value is -0.590. The molecule has 6 heteroatoms. The molecule has 0 aromatic carbocycles. The summed E-state index contributed by atoms with van der Waals surface area (Å²) in [5.74, 6) is 0. The zero-order valence-electron chi connectivity index (χ0n) is 7.49. The summed E-state index contributed by atoms with van der Waals surface area (Å²) in [4.78, 5) is 0. The lowest BCUT2D eigenvalue weighted by Crippen LogP contribution is -2.22. The summed E-state index contributed by atoms with van der Waals surface area (Å²) >= 11 is 1.09. The van der Waals surface area contributed by atoms with Gasteiger partial charge in [-0.2, -0.15) is 0 Å². The molecule has 4 nitrogen and oxygen atoms in total.